The first kappa shape index (κ1) is 64.5. The van der Waals surface area contributed by atoms with Crippen molar-refractivity contribution in [2.75, 3.05) is 19.8 Å². The molecular formula is C62H119NO4Si. The van der Waals surface area contributed by atoms with Crippen LogP contribution in [0.5, 0.6) is 0 Å². The van der Waals surface area contributed by atoms with E-state index >= 15 is 0 Å². The first-order valence-corrected chi connectivity index (χ1v) is 32.9. The highest BCUT2D eigenvalue weighted by atomic mass is 28.4. The molecule has 5 unspecified atom stereocenters. The van der Waals surface area contributed by atoms with Crippen molar-refractivity contribution in [3.05, 3.63) is 36.9 Å². The Labute approximate surface area is 427 Å². The molecule has 5 atom stereocenters. The number of carbonyl (C=O) groups excluding carboxylic acids is 1. The predicted molar refractivity (Wildman–Crippen MR) is 302 cm³/mol. The Balaban J connectivity index is 3.00. The molecule has 6 heteroatoms. The molecule has 5 nitrogen and oxygen atoms in total. The number of allylic oxidation sites excluding steroid dienone is 3. The van der Waals surface area contributed by atoms with Crippen LogP contribution in [-0.4, -0.2) is 45.0 Å². The summed E-state index contributed by atoms with van der Waals surface area (Å²) in [6, 6.07) is 0. The molecule has 1 rings (SSSR count). The maximum absolute atomic E-state index is 13.4. The number of ether oxygens (including phenoxy) is 2. The first-order valence-electron chi connectivity index (χ1n) is 30.0. The van der Waals surface area contributed by atoms with Crippen LogP contribution in [0.2, 0.25) is 18.1 Å². The van der Waals surface area contributed by atoms with E-state index in [9.17, 15) is 4.79 Å². The minimum Gasteiger partial charge on any atom is -0.498 e. The summed E-state index contributed by atoms with van der Waals surface area (Å²) in [5.41, 5.74) is 0. The highest BCUT2D eigenvalue weighted by Gasteiger charge is 2.41. The Bertz CT molecular complexity index is 1240. The van der Waals surface area contributed by atoms with Crippen LogP contribution in [0.1, 0.15) is 281 Å². The number of nitrogens with zero attached hydrogens (tertiary/aromatic N) is 1. The van der Waals surface area contributed by atoms with E-state index < -0.39 is 8.32 Å². The molecule has 0 N–H and O–H groups in total. The number of rotatable bonds is 47. The SMILES string of the molecule is C=C(OCCCCC(O[Si](C)(C)C(C)(C)C)C(CCCCCCOC(=O)C(CCCCCC)CCCCCCCC)C(C)CCN1C=CC(CC)C=C1)C(CCCCCC)CCCCCCCC. The number of carbonyl (C=O) groups is 1. The van der Waals surface area contributed by atoms with Gasteiger partial charge in [-0.05, 0) is 107 Å². The van der Waals surface area contributed by atoms with E-state index in [1.54, 1.807) is 0 Å². The quantitative estimate of drug-likeness (QED) is 0.0263. The molecule has 0 aromatic rings. The maximum Gasteiger partial charge on any atom is 0.308 e. The molecule has 0 spiro atoms. The number of esters is 1. The molecule has 0 radical (unpaired) electrons. The van der Waals surface area contributed by atoms with Gasteiger partial charge in [0, 0.05) is 31.0 Å². The Kier molecular flexibility index (Phi) is 38.9. The predicted octanol–water partition coefficient (Wildman–Crippen LogP) is 20.3. The molecule has 68 heavy (non-hydrogen) atoms. The average molecular weight is 971 g/mol. The Morgan fingerprint density at radius 2 is 0.971 bits per heavy atom. The standard InChI is InChI=1S/C62H119NO4Si/c1-13-18-22-26-28-34-41-57(40-32-24-20-15-3)55(7)65-52-39-37-45-60(67-68(11,12)62(8,9)10)59(54(6)46-49-63-50-47-56(17-5)48-51-63)44-36-30-31-38-53-66-61(64)58(42-33-25-21-16-4)43-35-29-27-23-19-14-2/h47-48,50-51,54,56-60H,7,13-46,49,52-53H2,1-6,8-12H3. The summed E-state index contributed by atoms with van der Waals surface area (Å²) in [4.78, 5) is 15.8. The van der Waals surface area contributed by atoms with Crippen molar-refractivity contribution in [2.45, 2.75) is 305 Å². The van der Waals surface area contributed by atoms with Gasteiger partial charge in [0.25, 0.3) is 0 Å². The van der Waals surface area contributed by atoms with Crippen LogP contribution in [0.3, 0.4) is 0 Å². The van der Waals surface area contributed by atoms with E-state index in [1.165, 1.54) is 148 Å². The van der Waals surface area contributed by atoms with E-state index in [1.807, 2.05) is 0 Å². The van der Waals surface area contributed by atoms with Crippen molar-refractivity contribution in [2.24, 2.45) is 29.6 Å². The number of unbranched alkanes of at least 4 members (excludes halogenated alkanes) is 20. The van der Waals surface area contributed by atoms with E-state index in [0.29, 0.717) is 30.3 Å². The fourth-order valence-corrected chi connectivity index (χ4v) is 11.4. The second kappa shape index (κ2) is 41.0. The molecule has 0 bridgehead atoms. The van der Waals surface area contributed by atoms with Gasteiger partial charge in [0.2, 0.25) is 0 Å². The van der Waals surface area contributed by atoms with Crippen LogP contribution in [0.4, 0.5) is 0 Å². The summed E-state index contributed by atoms with van der Waals surface area (Å²) in [5, 5.41) is 0.155. The van der Waals surface area contributed by atoms with Gasteiger partial charge >= 0.3 is 5.97 Å². The molecule has 1 aliphatic rings. The zero-order valence-corrected chi connectivity index (χ0v) is 48.7. The van der Waals surface area contributed by atoms with E-state index in [0.717, 1.165) is 89.5 Å². The fraction of sp³-hybridized carbons (Fsp3) is 0.887. The van der Waals surface area contributed by atoms with Crippen LogP contribution in [-0.2, 0) is 18.7 Å². The van der Waals surface area contributed by atoms with Gasteiger partial charge in [-0.3, -0.25) is 4.79 Å². The van der Waals surface area contributed by atoms with Gasteiger partial charge in [-0.25, -0.2) is 0 Å². The second-order valence-electron chi connectivity index (χ2n) is 23.2. The highest BCUT2D eigenvalue weighted by Crippen LogP contribution is 2.41. The van der Waals surface area contributed by atoms with E-state index in [2.05, 4.69) is 111 Å². The molecular weight excluding hydrogens is 851 g/mol. The van der Waals surface area contributed by atoms with Crippen molar-refractivity contribution >= 4 is 14.3 Å². The Morgan fingerprint density at radius 1 is 0.559 bits per heavy atom. The molecule has 400 valence electrons. The molecule has 0 aromatic heterocycles. The monoisotopic (exact) mass is 970 g/mol. The van der Waals surface area contributed by atoms with Crippen LogP contribution < -0.4 is 0 Å². The highest BCUT2D eigenvalue weighted by molar-refractivity contribution is 6.74. The zero-order chi connectivity index (χ0) is 50.3. The molecule has 0 aliphatic carbocycles. The lowest BCUT2D eigenvalue weighted by atomic mass is 9.81. The van der Waals surface area contributed by atoms with Crippen molar-refractivity contribution in [3.8, 4) is 0 Å². The topological polar surface area (TPSA) is 48.0 Å². The first-order chi connectivity index (χ1) is 32.7. The number of hydrogen-bond acceptors (Lipinski definition) is 5. The smallest absolute Gasteiger partial charge is 0.308 e. The molecule has 0 fully saturated rings. The van der Waals surface area contributed by atoms with Gasteiger partial charge in [-0.1, -0.05) is 229 Å². The molecule has 0 saturated heterocycles. The molecule has 0 amide bonds. The van der Waals surface area contributed by atoms with E-state index in [-0.39, 0.29) is 23.0 Å². The van der Waals surface area contributed by atoms with Gasteiger partial charge in [-0.15, -0.1) is 0 Å². The third kappa shape index (κ3) is 31.0. The lowest BCUT2D eigenvalue weighted by molar-refractivity contribution is -0.149. The lowest BCUT2D eigenvalue weighted by Crippen LogP contribution is -2.47. The van der Waals surface area contributed by atoms with Crippen LogP contribution in [0, 0.1) is 29.6 Å². The minimum atomic E-state index is -2.03. The van der Waals surface area contributed by atoms with E-state index in [4.69, 9.17) is 13.9 Å². The molecule has 0 aromatic carbocycles. The summed E-state index contributed by atoms with van der Waals surface area (Å²) in [6.45, 7) is 33.0. The van der Waals surface area contributed by atoms with Crippen molar-refractivity contribution < 1.29 is 18.7 Å². The van der Waals surface area contributed by atoms with Crippen molar-refractivity contribution in [3.63, 3.8) is 0 Å². The number of hydrogen-bond donors (Lipinski definition) is 0. The second-order valence-corrected chi connectivity index (χ2v) is 28.0. The third-order valence-corrected chi connectivity index (χ3v) is 20.6. The van der Waals surface area contributed by atoms with Gasteiger partial charge in [0.1, 0.15) is 0 Å². The maximum atomic E-state index is 13.4. The van der Waals surface area contributed by atoms with Crippen LogP contribution >= 0.6 is 0 Å². The normalized spacial score (nSPS) is 15.7. The molecule has 1 aliphatic heterocycles. The van der Waals surface area contributed by atoms with Crippen molar-refractivity contribution in [1.82, 2.24) is 4.90 Å². The summed E-state index contributed by atoms with van der Waals surface area (Å²) < 4.78 is 20.1. The average Bonchev–Trinajstić information content (AvgIpc) is 3.31. The summed E-state index contributed by atoms with van der Waals surface area (Å²) in [5.74, 6) is 3.30. The van der Waals surface area contributed by atoms with Gasteiger partial charge in [-0.2, -0.15) is 0 Å². The van der Waals surface area contributed by atoms with Gasteiger partial charge in [0.05, 0.1) is 24.9 Å². The van der Waals surface area contributed by atoms with Crippen molar-refractivity contribution in [1.29, 1.82) is 0 Å². The Hall–Kier alpha value is -1.53. The Morgan fingerprint density at radius 3 is 1.47 bits per heavy atom. The van der Waals surface area contributed by atoms with Crippen LogP contribution in [0.25, 0.3) is 0 Å². The van der Waals surface area contributed by atoms with Gasteiger partial charge in [0.15, 0.2) is 8.32 Å². The third-order valence-electron chi connectivity index (χ3n) is 16.1. The summed E-state index contributed by atoms with van der Waals surface area (Å²) in [6.07, 6.45) is 51.0. The summed E-state index contributed by atoms with van der Waals surface area (Å²) >= 11 is 0. The van der Waals surface area contributed by atoms with Crippen LogP contribution in [0.15, 0.2) is 36.9 Å². The lowest BCUT2D eigenvalue weighted by Gasteiger charge is -2.43. The largest absolute Gasteiger partial charge is 0.498 e. The van der Waals surface area contributed by atoms with Gasteiger partial charge < -0.3 is 18.8 Å². The fourth-order valence-electron chi connectivity index (χ4n) is 10.0. The minimum absolute atomic E-state index is 0.0725. The zero-order valence-electron chi connectivity index (χ0n) is 47.7. The molecule has 1 heterocycles. The summed E-state index contributed by atoms with van der Waals surface area (Å²) in [7, 11) is -2.03. The molecule has 0 saturated carbocycles.